The summed E-state index contributed by atoms with van der Waals surface area (Å²) in [5.41, 5.74) is 1.33. The van der Waals surface area contributed by atoms with Crippen molar-refractivity contribution in [3.8, 4) is 6.07 Å². The first-order valence-electron chi connectivity index (χ1n) is 10.7. The first kappa shape index (κ1) is 23.0. The fraction of sp³-hybridized carbons (Fsp3) is 0.636. The fourth-order valence-corrected chi connectivity index (χ4v) is 5.56. The topological polar surface area (TPSA) is 127 Å². The molecular weight excluding hydrogens is 400 g/mol. The number of aliphatic hydroxyl groups is 1. The van der Waals surface area contributed by atoms with E-state index in [1.165, 1.54) is 26.4 Å². The monoisotopic (exact) mass is 430 g/mol. The van der Waals surface area contributed by atoms with Gasteiger partial charge in [0.2, 0.25) is 0 Å². The molecule has 0 unspecified atom stereocenters. The Kier molecular flexibility index (Phi) is 7.46. The van der Waals surface area contributed by atoms with Crippen LogP contribution >= 0.6 is 0 Å². The zero-order chi connectivity index (χ0) is 22.5. The maximum Gasteiger partial charge on any atom is 0.339 e. The molecule has 1 aromatic heterocycles. The van der Waals surface area contributed by atoms with Gasteiger partial charge in [0, 0.05) is 25.2 Å². The van der Waals surface area contributed by atoms with Gasteiger partial charge >= 0.3 is 5.97 Å². The summed E-state index contributed by atoms with van der Waals surface area (Å²) < 4.78 is 4.82. The number of carbonyl (C=O) groups excluding carboxylic acids is 1. The summed E-state index contributed by atoms with van der Waals surface area (Å²) in [7, 11) is 1.33. The average Bonchev–Trinajstić information content (AvgIpc) is 2.79. The predicted molar refractivity (Wildman–Crippen MR) is 113 cm³/mol. The molecule has 0 aliphatic carbocycles. The van der Waals surface area contributed by atoms with Crippen molar-refractivity contribution in [1.29, 1.82) is 5.26 Å². The molecule has 31 heavy (non-hydrogen) atoms. The van der Waals surface area contributed by atoms with E-state index in [9.17, 15) is 15.2 Å². The number of anilines is 1. The summed E-state index contributed by atoms with van der Waals surface area (Å²) in [5, 5.41) is 26.7. The molecule has 168 valence electrons. The van der Waals surface area contributed by atoms with Crippen LogP contribution in [0.5, 0.6) is 0 Å². The van der Waals surface area contributed by atoms with Crippen LogP contribution in [0.4, 0.5) is 5.82 Å². The second-order valence-corrected chi connectivity index (χ2v) is 8.41. The third kappa shape index (κ3) is 4.50. The van der Waals surface area contributed by atoms with Gasteiger partial charge in [-0.15, -0.1) is 0 Å². The highest BCUT2D eigenvalue weighted by atomic mass is 16.5. The molecule has 4 heterocycles. The van der Waals surface area contributed by atoms with Crippen LogP contribution in [0.1, 0.15) is 47.3 Å². The standard InChI is InChI=1S/C21H28N4O3.CH2O2/c1-13-17(21(27)28-2)8-14(9-22)20(23-13)24-10-15-7-16(11-24)19(12-26)25-6-4-3-5-18(15)25;2-1-3/h8,15-16,18-19,26H,3-7,10-12H2,1-2H3;1H,(H,2,3)/t15-,16+,18+,19+;/m1./s1. The quantitative estimate of drug-likeness (QED) is 0.540. The number of pyridine rings is 1. The lowest BCUT2D eigenvalue weighted by Gasteiger charge is -2.56. The van der Waals surface area contributed by atoms with Gasteiger partial charge in [0.15, 0.2) is 0 Å². The number of esters is 1. The maximum absolute atomic E-state index is 12.0. The van der Waals surface area contributed by atoms with E-state index in [2.05, 4.69) is 20.9 Å². The van der Waals surface area contributed by atoms with Gasteiger partial charge in [-0.1, -0.05) is 6.42 Å². The minimum Gasteiger partial charge on any atom is -0.483 e. The van der Waals surface area contributed by atoms with E-state index in [1.54, 1.807) is 13.0 Å². The van der Waals surface area contributed by atoms with E-state index in [-0.39, 0.29) is 19.1 Å². The molecule has 9 nitrogen and oxygen atoms in total. The lowest BCUT2D eigenvalue weighted by molar-refractivity contribution is -0.122. The van der Waals surface area contributed by atoms with Gasteiger partial charge in [-0.05, 0) is 50.6 Å². The van der Waals surface area contributed by atoms with Crippen LogP contribution in [-0.2, 0) is 9.53 Å². The minimum absolute atomic E-state index is 0.181. The second kappa shape index (κ2) is 10.1. The first-order chi connectivity index (χ1) is 15.0. The molecule has 9 heteroatoms. The molecule has 0 aromatic carbocycles. The Morgan fingerprint density at radius 3 is 2.74 bits per heavy atom. The highest BCUT2D eigenvalue weighted by Gasteiger charge is 2.47. The van der Waals surface area contributed by atoms with Gasteiger partial charge in [0.25, 0.3) is 6.47 Å². The highest BCUT2D eigenvalue weighted by Crippen LogP contribution is 2.42. The molecule has 2 N–H and O–H groups in total. The minimum atomic E-state index is -0.471. The number of aliphatic hydroxyl groups excluding tert-OH is 1. The number of nitriles is 1. The predicted octanol–water partition coefficient (Wildman–Crippen LogP) is 1.42. The Morgan fingerprint density at radius 1 is 1.39 bits per heavy atom. The molecule has 3 aliphatic heterocycles. The van der Waals surface area contributed by atoms with Gasteiger partial charge in [0.05, 0.1) is 30.5 Å². The lowest BCUT2D eigenvalue weighted by Crippen LogP contribution is -2.64. The molecule has 0 saturated carbocycles. The van der Waals surface area contributed by atoms with Crippen molar-refractivity contribution in [2.75, 3.05) is 38.3 Å². The van der Waals surface area contributed by atoms with Crippen molar-refractivity contribution in [1.82, 2.24) is 9.88 Å². The van der Waals surface area contributed by atoms with Gasteiger partial charge in [-0.3, -0.25) is 9.69 Å². The van der Waals surface area contributed by atoms with Crippen molar-refractivity contribution < 1.29 is 24.5 Å². The summed E-state index contributed by atoms with van der Waals surface area (Å²) in [6.07, 6.45) is 4.77. The van der Waals surface area contributed by atoms with Crippen LogP contribution in [-0.4, -0.2) is 78.0 Å². The molecule has 3 fully saturated rings. The number of piperidine rings is 3. The number of carbonyl (C=O) groups is 2. The van der Waals surface area contributed by atoms with Gasteiger partial charge < -0.3 is 19.8 Å². The van der Waals surface area contributed by atoms with E-state index in [0.717, 1.165) is 26.1 Å². The Hall–Kier alpha value is -2.70. The van der Waals surface area contributed by atoms with Crippen LogP contribution in [0, 0.1) is 30.1 Å². The summed E-state index contributed by atoms with van der Waals surface area (Å²) in [5.74, 6) is 1.08. The van der Waals surface area contributed by atoms with Crippen molar-refractivity contribution in [2.45, 2.75) is 44.7 Å². The number of aryl methyl sites for hydroxylation is 1. The number of hydrogen-bond acceptors (Lipinski definition) is 8. The van der Waals surface area contributed by atoms with Crippen molar-refractivity contribution in [2.24, 2.45) is 11.8 Å². The number of ether oxygens (including phenoxy) is 1. The van der Waals surface area contributed by atoms with Crippen LogP contribution in [0.2, 0.25) is 0 Å². The number of aromatic nitrogens is 1. The molecule has 2 bridgehead atoms. The zero-order valence-electron chi connectivity index (χ0n) is 18.0. The van der Waals surface area contributed by atoms with E-state index >= 15 is 0 Å². The normalized spacial score (nSPS) is 27.2. The number of methoxy groups -OCH3 is 1. The SMILES string of the molecule is COC(=O)c1cc(C#N)c(N2C[C@H]3C[C@@H](C2)[C@H](CO)N2CCCC[C@@H]32)nc1C.O=CO. The largest absolute Gasteiger partial charge is 0.483 e. The Balaban J connectivity index is 0.000000858. The van der Waals surface area contributed by atoms with Crippen LogP contribution in [0.3, 0.4) is 0 Å². The molecule has 3 aliphatic rings. The summed E-state index contributed by atoms with van der Waals surface area (Å²) in [4.78, 5) is 29.7. The zero-order valence-corrected chi connectivity index (χ0v) is 18.0. The molecule has 1 aromatic rings. The smallest absolute Gasteiger partial charge is 0.339 e. The molecular formula is C22H30N4O5. The first-order valence-corrected chi connectivity index (χ1v) is 10.7. The second-order valence-electron chi connectivity index (χ2n) is 8.41. The average molecular weight is 431 g/mol. The van der Waals surface area contributed by atoms with Crippen LogP contribution in [0.15, 0.2) is 6.07 Å². The Morgan fingerprint density at radius 2 is 2.10 bits per heavy atom. The van der Waals surface area contributed by atoms with Crippen molar-refractivity contribution in [3.05, 3.63) is 22.9 Å². The van der Waals surface area contributed by atoms with Gasteiger partial charge in [0.1, 0.15) is 11.9 Å². The Labute approximate surface area is 182 Å². The maximum atomic E-state index is 12.0. The van der Waals surface area contributed by atoms with Crippen molar-refractivity contribution in [3.63, 3.8) is 0 Å². The third-order valence-electron chi connectivity index (χ3n) is 6.83. The molecule has 4 atom stereocenters. The van der Waals surface area contributed by atoms with Crippen molar-refractivity contribution >= 4 is 18.3 Å². The van der Waals surface area contributed by atoms with Crippen LogP contribution < -0.4 is 4.90 Å². The number of hydrogen-bond donors (Lipinski definition) is 2. The van der Waals surface area contributed by atoms with E-state index in [4.69, 9.17) is 14.6 Å². The molecule has 3 saturated heterocycles. The molecule has 0 radical (unpaired) electrons. The fourth-order valence-electron chi connectivity index (χ4n) is 5.56. The summed E-state index contributed by atoms with van der Waals surface area (Å²) in [6, 6.07) is 4.51. The van der Waals surface area contributed by atoms with E-state index < -0.39 is 5.97 Å². The number of fused-ring (bicyclic) bond motifs is 4. The van der Waals surface area contributed by atoms with Gasteiger partial charge in [-0.2, -0.15) is 5.26 Å². The summed E-state index contributed by atoms with van der Waals surface area (Å²) >= 11 is 0. The van der Waals surface area contributed by atoms with Crippen LogP contribution in [0.25, 0.3) is 0 Å². The molecule has 0 spiro atoms. The van der Waals surface area contributed by atoms with E-state index in [0.29, 0.717) is 40.5 Å². The highest BCUT2D eigenvalue weighted by molar-refractivity contribution is 5.91. The number of nitrogens with zero attached hydrogens (tertiary/aromatic N) is 4. The van der Waals surface area contributed by atoms with E-state index in [1.807, 2.05) is 0 Å². The number of rotatable bonds is 3. The Bertz CT molecular complexity index is 841. The molecule has 0 amide bonds. The number of carboxylic acid groups (broad SMARTS) is 1. The van der Waals surface area contributed by atoms with Gasteiger partial charge in [-0.25, -0.2) is 9.78 Å². The third-order valence-corrected chi connectivity index (χ3v) is 6.83. The lowest BCUT2D eigenvalue weighted by atomic mass is 9.72. The molecule has 4 rings (SSSR count). The summed E-state index contributed by atoms with van der Waals surface area (Å²) in [6.45, 7) is 4.44.